The molecule has 0 aliphatic carbocycles. The van der Waals surface area contributed by atoms with Crippen LogP contribution < -0.4 is 5.32 Å². The maximum Gasteiger partial charge on any atom is 0.0698 e. The molecule has 1 rings (SSSR count). The molecule has 0 spiro atoms. The first-order valence-electron chi connectivity index (χ1n) is 6.48. The van der Waals surface area contributed by atoms with Crippen molar-refractivity contribution in [2.75, 3.05) is 52.5 Å². The standard InChI is InChI=1S/C12H26N2O2/c1-2-14(6-8-16-9-7-15)11-12-4-3-5-13-10-12/h12-13,15H,2-11H2,1H3. The molecule has 0 bridgehead atoms. The van der Waals surface area contributed by atoms with Crippen LogP contribution in [0.3, 0.4) is 0 Å². The second-order valence-corrected chi connectivity index (χ2v) is 4.44. The van der Waals surface area contributed by atoms with E-state index in [0.29, 0.717) is 6.61 Å². The Labute approximate surface area is 99.0 Å². The van der Waals surface area contributed by atoms with Gasteiger partial charge < -0.3 is 20.1 Å². The van der Waals surface area contributed by atoms with Crippen LogP contribution in [0.5, 0.6) is 0 Å². The largest absolute Gasteiger partial charge is 0.394 e. The molecule has 1 unspecified atom stereocenters. The first-order valence-corrected chi connectivity index (χ1v) is 6.48. The van der Waals surface area contributed by atoms with Gasteiger partial charge in [-0.3, -0.25) is 0 Å². The van der Waals surface area contributed by atoms with Gasteiger partial charge in [-0.25, -0.2) is 0 Å². The third-order valence-electron chi connectivity index (χ3n) is 3.15. The molecule has 0 saturated carbocycles. The molecule has 0 aromatic carbocycles. The zero-order valence-corrected chi connectivity index (χ0v) is 10.5. The smallest absolute Gasteiger partial charge is 0.0698 e. The maximum absolute atomic E-state index is 8.60. The minimum atomic E-state index is 0.124. The highest BCUT2D eigenvalue weighted by molar-refractivity contribution is 4.72. The highest BCUT2D eigenvalue weighted by atomic mass is 16.5. The quantitative estimate of drug-likeness (QED) is 0.589. The Bertz CT molecular complexity index is 161. The Hall–Kier alpha value is -0.160. The summed E-state index contributed by atoms with van der Waals surface area (Å²) in [6.07, 6.45) is 2.66. The van der Waals surface area contributed by atoms with E-state index in [1.165, 1.54) is 25.9 Å². The molecule has 1 aliphatic heterocycles. The van der Waals surface area contributed by atoms with Gasteiger partial charge in [0, 0.05) is 13.1 Å². The minimum absolute atomic E-state index is 0.124. The van der Waals surface area contributed by atoms with Crippen LogP contribution in [-0.2, 0) is 4.74 Å². The van der Waals surface area contributed by atoms with Gasteiger partial charge >= 0.3 is 0 Å². The van der Waals surface area contributed by atoms with Gasteiger partial charge in [-0.1, -0.05) is 6.92 Å². The van der Waals surface area contributed by atoms with Crippen molar-refractivity contribution < 1.29 is 9.84 Å². The Kier molecular flexibility index (Phi) is 7.76. The summed E-state index contributed by atoms with van der Waals surface area (Å²) >= 11 is 0. The fourth-order valence-electron chi connectivity index (χ4n) is 2.18. The predicted molar refractivity (Wildman–Crippen MR) is 65.6 cm³/mol. The topological polar surface area (TPSA) is 44.7 Å². The van der Waals surface area contributed by atoms with Gasteiger partial charge in [-0.2, -0.15) is 0 Å². The zero-order valence-electron chi connectivity index (χ0n) is 10.5. The van der Waals surface area contributed by atoms with E-state index >= 15 is 0 Å². The number of nitrogens with zero attached hydrogens (tertiary/aromatic N) is 1. The van der Waals surface area contributed by atoms with Gasteiger partial charge in [-0.15, -0.1) is 0 Å². The van der Waals surface area contributed by atoms with E-state index in [-0.39, 0.29) is 6.61 Å². The minimum Gasteiger partial charge on any atom is -0.394 e. The molecular weight excluding hydrogens is 204 g/mol. The second-order valence-electron chi connectivity index (χ2n) is 4.44. The van der Waals surface area contributed by atoms with Crippen molar-refractivity contribution in [1.82, 2.24) is 10.2 Å². The molecule has 4 nitrogen and oxygen atoms in total. The lowest BCUT2D eigenvalue weighted by atomic mass is 9.99. The number of likely N-dealkylation sites (N-methyl/N-ethyl adjacent to an activating group) is 1. The Balaban J connectivity index is 2.09. The van der Waals surface area contributed by atoms with Crippen molar-refractivity contribution in [3.05, 3.63) is 0 Å². The fourth-order valence-corrected chi connectivity index (χ4v) is 2.18. The Morgan fingerprint density at radius 2 is 2.31 bits per heavy atom. The van der Waals surface area contributed by atoms with Crippen molar-refractivity contribution >= 4 is 0 Å². The third-order valence-corrected chi connectivity index (χ3v) is 3.15. The summed E-state index contributed by atoms with van der Waals surface area (Å²) in [7, 11) is 0. The van der Waals surface area contributed by atoms with Gasteiger partial charge in [0.05, 0.1) is 19.8 Å². The maximum atomic E-state index is 8.60. The summed E-state index contributed by atoms with van der Waals surface area (Å²) in [5.74, 6) is 0.798. The van der Waals surface area contributed by atoms with Gasteiger partial charge in [0.15, 0.2) is 0 Å². The zero-order chi connectivity index (χ0) is 11.6. The summed E-state index contributed by atoms with van der Waals surface area (Å²) in [4.78, 5) is 2.44. The van der Waals surface area contributed by atoms with Crippen LogP contribution in [0, 0.1) is 5.92 Å². The number of aliphatic hydroxyl groups is 1. The summed E-state index contributed by atoms with van der Waals surface area (Å²) < 4.78 is 5.30. The number of piperidine rings is 1. The summed E-state index contributed by atoms with van der Waals surface area (Å²) in [6.45, 7) is 9.09. The third kappa shape index (κ3) is 5.80. The predicted octanol–water partition coefficient (Wildman–Crippen LogP) is 0.317. The van der Waals surface area contributed by atoms with E-state index in [1.54, 1.807) is 0 Å². The lowest BCUT2D eigenvalue weighted by molar-refractivity contribution is 0.0702. The first kappa shape index (κ1) is 13.9. The van der Waals surface area contributed by atoms with Crippen LogP contribution in [0.2, 0.25) is 0 Å². The highest BCUT2D eigenvalue weighted by Crippen LogP contribution is 2.11. The summed E-state index contributed by atoms with van der Waals surface area (Å²) in [6, 6.07) is 0. The number of ether oxygens (including phenoxy) is 1. The fraction of sp³-hybridized carbons (Fsp3) is 1.00. The van der Waals surface area contributed by atoms with E-state index in [4.69, 9.17) is 9.84 Å². The molecular formula is C12H26N2O2. The van der Waals surface area contributed by atoms with Crippen LogP contribution in [0.25, 0.3) is 0 Å². The molecule has 1 saturated heterocycles. The lowest BCUT2D eigenvalue weighted by Gasteiger charge is -2.29. The van der Waals surface area contributed by atoms with Gasteiger partial charge in [-0.05, 0) is 38.4 Å². The molecule has 1 aliphatic rings. The Morgan fingerprint density at radius 3 is 2.94 bits per heavy atom. The molecule has 0 amide bonds. The molecule has 1 atom stereocenters. The summed E-state index contributed by atoms with van der Waals surface area (Å²) in [5, 5.41) is 12.1. The van der Waals surface area contributed by atoms with Crippen molar-refractivity contribution in [2.45, 2.75) is 19.8 Å². The van der Waals surface area contributed by atoms with Gasteiger partial charge in [0.25, 0.3) is 0 Å². The Morgan fingerprint density at radius 1 is 1.44 bits per heavy atom. The number of aliphatic hydroxyl groups excluding tert-OH is 1. The van der Waals surface area contributed by atoms with Crippen LogP contribution in [0.4, 0.5) is 0 Å². The summed E-state index contributed by atoms with van der Waals surface area (Å²) in [5.41, 5.74) is 0. The van der Waals surface area contributed by atoms with Crippen LogP contribution >= 0.6 is 0 Å². The van der Waals surface area contributed by atoms with Crippen molar-refractivity contribution in [3.63, 3.8) is 0 Å². The van der Waals surface area contributed by atoms with Crippen LogP contribution in [-0.4, -0.2) is 62.6 Å². The van der Waals surface area contributed by atoms with E-state index < -0.39 is 0 Å². The number of hydrogen-bond donors (Lipinski definition) is 2. The molecule has 0 radical (unpaired) electrons. The molecule has 0 aromatic rings. The first-order chi connectivity index (χ1) is 7.86. The lowest BCUT2D eigenvalue weighted by Crippen LogP contribution is -2.39. The molecule has 2 N–H and O–H groups in total. The number of rotatable bonds is 8. The van der Waals surface area contributed by atoms with Crippen molar-refractivity contribution in [2.24, 2.45) is 5.92 Å². The van der Waals surface area contributed by atoms with E-state index in [9.17, 15) is 0 Å². The number of nitrogens with one attached hydrogen (secondary N) is 1. The van der Waals surface area contributed by atoms with Crippen LogP contribution in [0.15, 0.2) is 0 Å². The average molecular weight is 230 g/mol. The van der Waals surface area contributed by atoms with Gasteiger partial charge in [0.2, 0.25) is 0 Å². The second kappa shape index (κ2) is 8.93. The number of hydrogen-bond acceptors (Lipinski definition) is 4. The van der Waals surface area contributed by atoms with Crippen molar-refractivity contribution in [1.29, 1.82) is 0 Å². The highest BCUT2D eigenvalue weighted by Gasteiger charge is 2.15. The van der Waals surface area contributed by atoms with Crippen molar-refractivity contribution in [3.8, 4) is 0 Å². The van der Waals surface area contributed by atoms with Gasteiger partial charge in [0.1, 0.15) is 0 Å². The molecule has 1 heterocycles. The molecule has 1 fully saturated rings. The molecule has 16 heavy (non-hydrogen) atoms. The van der Waals surface area contributed by atoms with Crippen LogP contribution in [0.1, 0.15) is 19.8 Å². The molecule has 0 aromatic heterocycles. The normalized spacial score (nSPS) is 21.6. The van der Waals surface area contributed by atoms with E-state index in [1.807, 2.05) is 0 Å². The SMILES string of the molecule is CCN(CCOCCO)CC1CCCNC1. The van der Waals surface area contributed by atoms with E-state index in [2.05, 4.69) is 17.1 Å². The van der Waals surface area contributed by atoms with E-state index in [0.717, 1.165) is 32.2 Å². The monoisotopic (exact) mass is 230 g/mol. The molecule has 4 heteroatoms. The molecule has 96 valence electrons. The average Bonchev–Trinajstić information content (AvgIpc) is 2.34.